The highest BCUT2D eigenvalue weighted by atomic mass is 35.5. The molecule has 0 amide bonds. The normalized spacial score (nSPS) is 10.6. The van der Waals surface area contributed by atoms with Gasteiger partial charge >= 0.3 is 0 Å². The van der Waals surface area contributed by atoms with Crippen LogP contribution < -0.4 is 4.74 Å². The van der Waals surface area contributed by atoms with Crippen molar-refractivity contribution in [3.8, 4) is 5.75 Å². The summed E-state index contributed by atoms with van der Waals surface area (Å²) in [7, 11) is 1.61. The predicted molar refractivity (Wildman–Crippen MR) is 50.1 cm³/mol. The van der Waals surface area contributed by atoms with Crippen molar-refractivity contribution >= 4 is 22.7 Å². The molecule has 0 saturated heterocycles. The van der Waals surface area contributed by atoms with Gasteiger partial charge < -0.3 is 9.15 Å². The summed E-state index contributed by atoms with van der Waals surface area (Å²) in [4.78, 5) is 4.16. The van der Waals surface area contributed by atoms with E-state index in [4.69, 9.17) is 20.8 Å². The van der Waals surface area contributed by atoms with Gasteiger partial charge in [0.05, 0.1) is 13.0 Å². The summed E-state index contributed by atoms with van der Waals surface area (Å²) in [6.07, 6.45) is 0. The highest BCUT2D eigenvalue weighted by molar-refractivity contribution is 6.16. The van der Waals surface area contributed by atoms with Gasteiger partial charge in [0.2, 0.25) is 5.89 Å². The number of ether oxygens (including phenoxy) is 1. The molecule has 0 aliphatic carbocycles. The number of halogens is 1. The minimum Gasteiger partial charge on any atom is -0.497 e. The Labute approximate surface area is 80.3 Å². The maximum absolute atomic E-state index is 5.58. The molecule has 1 heterocycles. The van der Waals surface area contributed by atoms with E-state index < -0.39 is 0 Å². The van der Waals surface area contributed by atoms with Crippen molar-refractivity contribution < 1.29 is 9.15 Å². The molecule has 0 atom stereocenters. The molecule has 0 bridgehead atoms. The van der Waals surface area contributed by atoms with E-state index >= 15 is 0 Å². The lowest BCUT2D eigenvalue weighted by Crippen LogP contribution is -1.81. The second kappa shape index (κ2) is 3.26. The van der Waals surface area contributed by atoms with E-state index in [1.54, 1.807) is 7.11 Å². The quantitative estimate of drug-likeness (QED) is 0.695. The van der Waals surface area contributed by atoms with Gasteiger partial charge in [-0.2, -0.15) is 0 Å². The zero-order valence-electron chi connectivity index (χ0n) is 7.08. The van der Waals surface area contributed by atoms with Crippen LogP contribution in [0.5, 0.6) is 5.75 Å². The molecule has 2 aromatic rings. The second-order valence-corrected chi connectivity index (χ2v) is 2.84. The standard InChI is InChI=1S/C9H8ClNO2/c1-12-6-2-3-8-7(4-6)11-9(5-10)13-8/h2-4H,5H2,1H3. The predicted octanol–water partition coefficient (Wildman–Crippen LogP) is 2.58. The molecular formula is C9H8ClNO2. The van der Waals surface area contributed by atoms with Crippen molar-refractivity contribution in [1.29, 1.82) is 0 Å². The van der Waals surface area contributed by atoms with Crippen LogP contribution >= 0.6 is 11.6 Å². The fourth-order valence-corrected chi connectivity index (χ4v) is 1.25. The average molecular weight is 198 g/mol. The van der Waals surface area contributed by atoms with Crippen LogP contribution in [-0.4, -0.2) is 12.1 Å². The Kier molecular flexibility index (Phi) is 2.10. The van der Waals surface area contributed by atoms with Gasteiger partial charge in [-0.15, -0.1) is 11.6 Å². The fourth-order valence-electron chi connectivity index (χ4n) is 1.14. The summed E-state index contributed by atoms with van der Waals surface area (Å²) in [5.41, 5.74) is 1.51. The van der Waals surface area contributed by atoms with E-state index in [1.807, 2.05) is 18.2 Å². The maximum atomic E-state index is 5.58. The number of nitrogens with zero attached hydrogens (tertiary/aromatic N) is 1. The SMILES string of the molecule is COc1ccc2oc(CCl)nc2c1. The highest BCUT2D eigenvalue weighted by Crippen LogP contribution is 2.21. The molecule has 0 unspecified atom stereocenters. The molecule has 0 N–H and O–H groups in total. The van der Waals surface area contributed by atoms with Crippen LogP contribution in [0.25, 0.3) is 11.1 Å². The molecule has 0 aliphatic heterocycles. The van der Waals surface area contributed by atoms with E-state index in [-0.39, 0.29) is 5.88 Å². The highest BCUT2D eigenvalue weighted by Gasteiger charge is 2.04. The Morgan fingerprint density at radius 2 is 2.38 bits per heavy atom. The van der Waals surface area contributed by atoms with E-state index in [9.17, 15) is 0 Å². The Bertz CT molecular complexity index is 422. The van der Waals surface area contributed by atoms with Gasteiger partial charge in [-0.05, 0) is 12.1 Å². The van der Waals surface area contributed by atoms with Crippen LogP contribution in [0, 0.1) is 0 Å². The molecule has 1 aromatic carbocycles. The van der Waals surface area contributed by atoms with Crippen molar-refractivity contribution in [2.75, 3.05) is 7.11 Å². The van der Waals surface area contributed by atoms with Crippen molar-refractivity contribution in [3.63, 3.8) is 0 Å². The zero-order valence-corrected chi connectivity index (χ0v) is 7.84. The molecule has 13 heavy (non-hydrogen) atoms. The van der Waals surface area contributed by atoms with Crippen molar-refractivity contribution in [3.05, 3.63) is 24.1 Å². The van der Waals surface area contributed by atoms with Crippen LogP contribution in [0.3, 0.4) is 0 Å². The number of alkyl halides is 1. The lowest BCUT2D eigenvalue weighted by atomic mass is 10.3. The third kappa shape index (κ3) is 1.47. The molecule has 0 radical (unpaired) electrons. The average Bonchev–Trinajstić information content (AvgIpc) is 2.58. The van der Waals surface area contributed by atoms with Crippen molar-refractivity contribution in [1.82, 2.24) is 4.98 Å². The first-order valence-electron chi connectivity index (χ1n) is 3.83. The van der Waals surface area contributed by atoms with Gasteiger partial charge in [0, 0.05) is 6.07 Å². The summed E-state index contributed by atoms with van der Waals surface area (Å²) in [5, 5.41) is 0. The fraction of sp³-hybridized carbons (Fsp3) is 0.222. The van der Waals surface area contributed by atoms with Crippen LogP contribution in [0.15, 0.2) is 22.6 Å². The van der Waals surface area contributed by atoms with E-state index in [2.05, 4.69) is 4.98 Å². The van der Waals surface area contributed by atoms with Gasteiger partial charge in [0.1, 0.15) is 11.3 Å². The first-order valence-corrected chi connectivity index (χ1v) is 4.36. The summed E-state index contributed by atoms with van der Waals surface area (Å²) in [6.45, 7) is 0. The van der Waals surface area contributed by atoms with Crippen LogP contribution in [0.2, 0.25) is 0 Å². The van der Waals surface area contributed by atoms with Crippen molar-refractivity contribution in [2.24, 2.45) is 0 Å². The maximum Gasteiger partial charge on any atom is 0.210 e. The number of aromatic nitrogens is 1. The zero-order chi connectivity index (χ0) is 9.26. The lowest BCUT2D eigenvalue weighted by molar-refractivity contribution is 0.415. The number of methoxy groups -OCH3 is 1. The van der Waals surface area contributed by atoms with E-state index in [1.165, 1.54) is 0 Å². The van der Waals surface area contributed by atoms with Gasteiger partial charge in [0.25, 0.3) is 0 Å². The van der Waals surface area contributed by atoms with Crippen LogP contribution in [0.1, 0.15) is 5.89 Å². The molecule has 1 aromatic heterocycles. The number of rotatable bonds is 2. The monoisotopic (exact) mass is 197 g/mol. The number of fused-ring (bicyclic) bond motifs is 1. The summed E-state index contributed by atoms with van der Waals surface area (Å²) >= 11 is 5.58. The molecule has 3 nitrogen and oxygen atoms in total. The number of oxazole rings is 1. The summed E-state index contributed by atoms with van der Waals surface area (Å²) < 4.78 is 10.4. The first-order chi connectivity index (χ1) is 6.33. The topological polar surface area (TPSA) is 35.3 Å². The summed E-state index contributed by atoms with van der Waals surface area (Å²) in [6, 6.07) is 5.46. The smallest absolute Gasteiger partial charge is 0.210 e. The van der Waals surface area contributed by atoms with Crippen LogP contribution in [0.4, 0.5) is 0 Å². The van der Waals surface area contributed by atoms with E-state index in [0.717, 1.165) is 16.8 Å². The van der Waals surface area contributed by atoms with E-state index in [0.29, 0.717) is 5.89 Å². The van der Waals surface area contributed by atoms with Gasteiger partial charge in [-0.1, -0.05) is 0 Å². The Hall–Kier alpha value is -1.22. The minimum atomic E-state index is 0.289. The molecule has 0 fully saturated rings. The van der Waals surface area contributed by atoms with Crippen LogP contribution in [-0.2, 0) is 5.88 Å². The van der Waals surface area contributed by atoms with Gasteiger partial charge in [0.15, 0.2) is 5.58 Å². The second-order valence-electron chi connectivity index (χ2n) is 2.57. The molecule has 4 heteroatoms. The van der Waals surface area contributed by atoms with Crippen molar-refractivity contribution in [2.45, 2.75) is 5.88 Å². The number of benzene rings is 1. The molecular weight excluding hydrogens is 190 g/mol. The molecule has 0 aliphatic rings. The Balaban J connectivity index is 2.57. The Morgan fingerprint density at radius 3 is 3.08 bits per heavy atom. The number of hydrogen-bond donors (Lipinski definition) is 0. The third-order valence-electron chi connectivity index (χ3n) is 1.75. The first kappa shape index (κ1) is 8.38. The minimum absolute atomic E-state index is 0.289. The van der Waals surface area contributed by atoms with Gasteiger partial charge in [-0.25, -0.2) is 4.98 Å². The lowest BCUT2D eigenvalue weighted by Gasteiger charge is -1.95. The molecule has 2 rings (SSSR count). The molecule has 0 saturated carbocycles. The summed E-state index contributed by atoms with van der Waals surface area (Å²) in [5.74, 6) is 1.59. The Morgan fingerprint density at radius 1 is 1.54 bits per heavy atom. The third-order valence-corrected chi connectivity index (χ3v) is 1.98. The molecule has 0 spiro atoms. The molecule has 68 valence electrons. The number of hydrogen-bond acceptors (Lipinski definition) is 3. The largest absolute Gasteiger partial charge is 0.497 e. The van der Waals surface area contributed by atoms with Gasteiger partial charge in [-0.3, -0.25) is 0 Å².